The number of ether oxygens (including phenoxy) is 1. The van der Waals surface area contributed by atoms with E-state index in [-0.39, 0.29) is 5.91 Å². The highest BCUT2D eigenvalue weighted by Crippen LogP contribution is 2.27. The molecule has 1 saturated carbocycles. The second kappa shape index (κ2) is 20.6. The van der Waals surface area contributed by atoms with Crippen LogP contribution in [0.1, 0.15) is 139 Å². The van der Waals surface area contributed by atoms with Crippen LogP contribution >= 0.6 is 0 Å². The highest BCUT2D eigenvalue weighted by atomic mass is 16.5. The Morgan fingerprint density at radius 1 is 0.891 bits per heavy atom. The number of anilines is 1. The van der Waals surface area contributed by atoms with Crippen molar-refractivity contribution < 1.29 is 14.1 Å². The van der Waals surface area contributed by atoms with Crippen LogP contribution in [0.4, 0.5) is 5.95 Å². The average Bonchev–Trinajstić information content (AvgIpc) is 3.74. The Kier molecular flexibility index (Phi) is 17.3. The molecule has 0 saturated heterocycles. The van der Waals surface area contributed by atoms with Crippen LogP contribution in [0.25, 0.3) is 16.6 Å². The Balaban J connectivity index is 0.000000405. The lowest BCUT2D eigenvalue weighted by Gasteiger charge is -2.18. The predicted molar refractivity (Wildman–Crippen MR) is 196 cm³/mol. The van der Waals surface area contributed by atoms with Crippen LogP contribution in [-0.2, 0) is 11.8 Å². The lowest BCUT2D eigenvalue weighted by molar-refractivity contribution is -0.497. The quantitative estimate of drug-likeness (QED) is 0.198. The van der Waals surface area contributed by atoms with Gasteiger partial charge < -0.3 is 9.30 Å². The molecule has 46 heavy (non-hydrogen) atoms. The molecular formula is C39H62N5O2+. The summed E-state index contributed by atoms with van der Waals surface area (Å²) in [6, 6.07) is 9.66. The van der Waals surface area contributed by atoms with Crippen LogP contribution in [0.3, 0.4) is 0 Å². The van der Waals surface area contributed by atoms with Crippen LogP contribution in [0.5, 0.6) is 0 Å². The maximum absolute atomic E-state index is 13.1. The van der Waals surface area contributed by atoms with Gasteiger partial charge in [0.15, 0.2) is 5.71 Å². The van der Waals surface area contributed by atoms with Crippen LogP contribution in [0.15, 0.2) is 36.1 Å². The van der Waals surface area contributed by atoms with Crippen LogP contribution < -0.4 is 5.32 Å². The number of nitrogens with zero attached hydrogens (tertiary/aromatic N) is 4. The summed E-state index contributed by atoms with van der Waals surface area (Å²) < 4.78 is 9.73. The van der Waals surface area contributed by atoms with E-state index in [9.17, 15) is 4.79 Å². The first-order chi connectivity index (χ1) is 22.1. The number of nitrogens with one attached hydrogen (secondary N) is 1. The van der Waals surface area contributed by atoms with Crippen LogP contribution in [0.2, 0.25) is 0 Å². The summed E-state index contributed by atoms with van der Waals surface area (Å²) >= 11 is 0. The van der Waals surface area contributed by atoms with E-state index in [4.69, 9.17) is 9.72 Å². The molecular weight excluding hydrogens is 570 g/mol. The Morgan fingerprint density at radius 2 is 1.50 bits per heavy atom. The summed E-state index contributed by atoms with van der Waals surface area (Å²) in [5.74, 6) is 1.19. The molecule has 1 N–H and O–H groups in total. The minimum atomic E-state index is -0.219. The number of pyridine rings is 1. The van der Waals surface area contributed by atoms with Gasteiger partial charge in [0, 0.05) is 25.2 Å². The molecule has 0 unspecified atom stereocenters. The molecule has 0 bridgehead atoms. The molecule has 5 rings (SSSR count). The fraction of sp³-hybridized carbons (Fsp3) is 0.590. The van der Waals surface area contributed by atoms with Crippen molar-refractivity contribution in [1.29, 1.82) is 0 Å². The second-order valence-electron chi connectivity index (χ2n) is 12.6. The Bertz CT molecular complexity index is 1430. The van der Waals surface area contributed by atoms with Crippen molar-refractivity contribution in [3.8, 4) is 0 Å². The number of benzene rings is 1. The molecule has 7 nitrogen and oxygen atoms in total. The number of unbranched alkanes of at least 4 members (excludes halogenated alkanes) is 4. The van der Waals surface area contributed by atoms with Crippen molar-refractivity contribution in [2.75, 3.05) is 26.0 Å². The molecule has 1 aliphatic heterocycles. The summed E-state index contributed by atoms with van der Waals surface area (Å²) in [4.78, 5) is 22.4. The first-order valence-electron chi connectivity index (χ1n) is 17.7. The first kappa shape index (κ1) is 38.7. The topological polar surface area (TPSA) is 72.0 Å². The third-order valence-corrected chi connectivity index (χ3v) is 8.57. The summed E-state index contributed by atoms with van der Waals surface area (Å²) in [6.07, 6.45) is 16.5. The maximum Gasteiger partial charge on any atom is 0.258 e. The minimum absolute atomic E-state index is 0.219. The molecule has 1 amide bonds. The van der Waals surface area contributed by atoms with E-state index in [1.807, 2.05) is 43.7 Å². The number of carbonyl (C=O) groups is 1. The van der Waals surface area contributed by atoms with Gasteiger partial charge in [-0.25, -0.2) is 9.56 Å². The van der Waals surface area contributed by atoms with Gasteiger partial charge in [-0.2, -0.15) is 0 Å². The van der Waals surface area contributed by atoms with E-state index in [2.05, 4.69) is 62.6 Å². The second-order valence-corrected chi connectivity index (χ2v) is 12.6. The van der Waals surface area contributed by atoms with E-state index in [1.54, 1.807) is 13.2 Å². The number of aryl methyl sites for hydroxylation is 3. The summed E-state index contributed by atoms with van der Waals surface area (Å²) in [7, 11) is 5.64. The number of hydrogen-bond donors (Lipinski definition) is 1. The molecule has 0 spiro atoms. The Hall–Kier alpha value is -3.48. The fourth-order valence-electron chi connectivity index (χ4n) is 5.38. The molecule has 3 heterocycles. The summed E-state index contributed by atoms with van der Waals surface area (Å²) in [5, 5.41) is 2.96. The van der Waals surface area contributed by atoms with E-state index in [1.165, 1.54) is 70.6 Å². The summed E-state index contributed by atoms with van der Waals surface area (Å²) in [5.41, 5.74) is 7.06. The highest BCUT2D eigenvalue weighted by Gasteiger charge is 2.27. The van der Waals surface area contributed by atoms with Gasteiger partial charge in [0.2, 0.25) is 5.95 Å². The highest BCUT2D eigenvalue weighted by molar-refractivity contribution is 6.21. The molecule has 254 valence electrons. The van der Waals surface area contributed by atoms with Gasteiger partial charge >= 0.3 is 0 Å². The molecule has 1 aliphatic carbocycles. The number of fused-ring (bicyclic) bond motifs is 1. The molecule has 0 radical (unpaired) electrons. The van der Waals surface area contributed by atoms with Crippen LogP contribution in [-0.4, -0.2) is 51.4 Å². The van der Waals surface area contributed by atoms with E-state index in [0.29, 0.717) is 11.5 Å². The van der Waals surface area contributed by atoms with Gasteiger partial charge in [0.25, 0.3) is 5.91 Å². The third kappa shape index (κ3) is 11.7. The molecule has 2 aromatic heterocycles. The van der Waals surface area contributed by atoms with Gasteiger partial charge in [0.1, 0.15) is 24.9 Å². The SMILES string of the molecule is C1CCCC1.CCCC.CCCCCC.COC1=C(c2cc(C(=O)Nc3nc4ccc(C)cc4n3C)cc(C)n2)C(C)=[N+](C)CC1. The first-order valence-corrected chi connectivity index (χ1v) is 17.7. The van der Waals surface area contributed by atoms with Gasteiger partial charge in [-0.3, -0.25) is 15.1 Å². The van der Waals surface area contributed by atoms with Crippen LogP contribution in [0, 0.1) is 13.8 Å². The average molecular weight is 633 g/mol. The van der Waals surface area contributed by atoms with Crippen molar-refractivity contribution in [2.45, 2.75) is 126 Å². The number of imidazole rings is 1. The van der Waals surface area contributed by atoms with Gasteiger partial charge in [0.05, 0.1) is 30.3 Å². The Morgan fingerprint density at radius 3 is 2.04 bits per heavy atom. The number of carbonyl (C=O) groups excluding carboxylic acids is 1. The third-order valence-electron chi connectivity index (χ3n) is 8.57. The minimum Gasteiger partial charge on any atom is -0.500 e. The van der Waals surface area contributed by atoms with Gasteiger partial charge in [-0.1, -0.05) is 104 Å². The van der Waals surface area contributed by atoms with Crippen molar-refractivity contribution in [3.05, 3.63) is 58.6 Å². The zero-order valence-corrected chi connectivity index (χ0v) is 30.7. The number of hydrogen-bond acceptors (Lipinski definition) is 4. The normalized spacial score (nSPS) is 14.1. The number of allylic oxidation sites excluding steroid dienone is 1. The maximum atomic E-state index is 13.1. The molecule has 0 atom stereocenters. The summed E-state index contributed by atoms with van der Waals surface area (Å²) in [6.45, 7) is 15.7. The lowest BCUT2D eigenvalue weighted by atomic mass is 9.99. The zero-order chi connectivity index (χ0) is 34.1. The van der Waals surface area contributed by atoms with Gasteiger partial charge in [-0.15, -0.1) is 0 Å². The molecule has 1 fully saturated rings. The van der Waals surface area contributed by atoms with Crippen molar-refractivity contribution in [1.82, 2.24) is 14.5 Å². The van der Waals surface area contributed by atoms with E-state index in [0.717, 1.165) is 58.0 Å². The standard InChI is InChI=1S/C24H27N5O2.C6H14.C5H10.C4H10/c1-14-7-8-18-20(11-14)29(5)24(26-18)27-23(30)17-12-15(2)25-19(13-17)22-16(3)28(4)10-9-21(22)31-6;1-3-5-6-4-2;1-2-4-5-3-1;1-3-4-2/h7-8,11-13H,9-10H2,1-6H3;3-6H2,1-2H3;1-5H2;3-4H2,1-2H3/p+1. The number of aromatic nitrogens is 3. The molecule has 3 aromatic rings. The van der Waals surface area contributed by atoms with Crippen molar-refractivity contribution in [3.63, 3.8) is 0 Å². The number of amides is 1. The number of rotatable bonds is 8. The zero-order valence-electron chi connectivity index (χ0n) is 30.7. The lowest BCUT2D eigenvalue weighted by Crippen LogP contribution is -2.25. The van der Waals surface area contributed by atoms with Crippen molar-refractivity contribution in [2.24, 2.45) is 7.05 Å². The van der Waals surface area contributed by atoms with Crippen molar-refractivity contribution >= 4 is 34.2 Å². The number of methoxy groups -OCH3 is 1. The van der Waals surface area contributed by atoms with E-state index >= 15 is 0 Å². The molecule has 1 aromatic carbocycles. The van der Waals surface area contributed by atoms with E-state index < -0.39 is 0 Å². The monoisotopic (exact) mass is 632 g/mol. The smallest absolute Gasteiger partial charge is 0.258 e. The van der Waals surface area contributed by atoms with Gasteiger partial charge in [-0.05, 0) is 43.7 Å². The molecule has 2 aliphatic rings. The molecule has 7 heteroatoms. The fourth-order valence-corrected chi connectivity index (χ4v) is 5.38. The largest absolute Gasteiger partial charge is 0.500 e. The Labute approximate surface area is 279 Å². The predicted octanol–water partition coefficient (Wildman–Crippen LogP) is 10.0.